The van der Waals surface area contributed by atoms with Crippen LogP contribution in [0.25, 0.3) is 21.9 Å². The fraction of sp³-hybridized carbons (Fsp3) is 0.0526. The van der Waals surface area contributed by atoms with Crippen molar-refractivity contribution in [1.29, 1.82) is 0 Å². The molecule has 1 aromatic carbocycles. The van der Waals surface area contributed by atoms with Gasteiger partial charge in [-0.1, -0.05) is 11.2 Å². The lowest BCUT2D eigenvalue weighted by Crippen LogP contribution is -2.03. The Hall–Kier alpha value is -2.42. The summed E-state index contributed by atoms with van der Waals surface area (Å²) in [6.45, 7) is 0. The Labute approximate surface area is 165 Å². The molecular weight excluding hydrogens is 438 g/mol. The zero-order valence-electron chi connectivity index (χ0n) is 13.6. The molecule has 0 amide bonds. The fourth-order valence-corrected chi connectivity index (χ4v) is 4.12. The number of halogens is 3. The van der Waals surface area contributed by atoms with Gasteiger partial charge in [0.1, 0.15) is 23.4 Å². The molecule has 27 heavy (non-hydrogen) atoms. The molecule has 1 N–H and O–H groups in total. The highest BCUT2D eigenvalue weighted by Gasteiger charge is 2.28. The molecule has 1 atom stereocenters. The van der Waals surface area contributed by atoms with E-state index in [1.807, 2.05) is 6.07 Å². The molecule has 8 heteroatoms. The molecule has 136 valence electrons. The smallest absolute Gasteiger partial charge is 0.183 e. The van der Waals surface area contributed by atoms with Gasteiger partial charge in [-0.3, -0.25) is 4.98 Å². The van der Waals surface area contributed by atoms with Crippen LogP contribution in [0.4, 0.5) is 8.78 Å². The van der Waals surface area contributed by atoms with Gasteiger partial charge in [0.25, 0.3) is 0 Å². The van der Waals surface area contributed by atoms with Gasteiger partial charge < -0.3 is 9.63 Å². The SMILES string of the molecule is OC(c1cccnc1)c1c(-c2ccc(F)cc2F)noc1-c1ccc(Br)s1. The number of pyridine rings is 1. The van der Waals surface area contributed by atoms with E-state index in [9.17, 15) is 13.9 Å². The van der Waals surface area contributed by atoms with Crippen LogP contribution in [0.15, 0.2) is 63.2 Å². The molecule has 0 fully saturated rings. The zero-order chi connectivity index (χ0) is 19.0. The second kappa shape index (κ2) is 7.30. The average Bonchev–Trinajstić information content (AvgIpc) is 3.28. The van der Waals surface area contributed by atoms with Gasteiger partial charge in [-0.15, -0.1) is 11.3 Å². The maximum absolute atomic E-state index is 14.4. The highest BCUT2D eigenvalue weighted by molar-refractivity contribution is 9.11. The number of benzene rings is 1. The standard InChI is InChI=1S/C19H11BrF2N2O2S/c20-15-6-5-14(27-15)19-16(18(25)10-2-1-7-23-9-10)17(24-26-19)12-4-3-11(21)8-13(12)22/h1-9,18,25H. The summed E-state index contributed by atoms with van der Waals surface area (Å²) in [6, 6.07) is 10.2. The lowest BCUT2D eigenvalue weighted by Gasteiger charge is -2.12. The van der Waals surface area contributed by atoms with E-state index in [2.05, 4.69) is 26.1 Å². The molecule has 3 aromatic heterocycles. The molecule has 4 nitrogen and oxygen atoms in total. The van der Waals surface area contributed by atoms with Gasteiger partial charge in [-0.2, -0.15) is 0 Å². The summed E-state index contributed by atoms with van der Waals surface area (Å²) in [5.41, 5.74) is 0.951. The Balaban J connectivity index is 1.93. The van der Waals surface area contributed by atoms with Crippen molar-refractivity contribution in [1.82, 2.24) is 10.1 Å². The van der Waals surface area contributed by atoms with Crippen LogP contribution in [-0.4, -0.2) is 15.2 Å². The zero-order valence-corrected chi connectivity index (χ0v) is 16.0. The van der Waals surface area contributed by atoms with Crippen molar-refractivity contribution in [2.45, 2.75) is 6.10 Å². The Morgan fingerprint density at radius 2 is 2.00 bits per heavy atom. The number of thiophene rings is 1. The van der Waals surface area contributed by atoms with Gasteiger partial charge >= 0.3 is 0 Å². The Bertz CT molecular complexity index is 1100. The Morgan fingerprint density at radius 3 is 2.67 bits per heavy atom. The maximum Gasteiger partial charge on any atom is 0.183 e. The largest absolute Gasteiger partial charge is 0.383 e. The van der Waals surface area contributed by atoms with Crippen molar-refractivity contribution in [3.8, 4) is 21.9 Å². The number of hydrogen-bond acceptors (Lipinski definition) is 5. The van der Waals surface area contributed by atoms with Crippen LogP contribution in [0.2, 0.25) is 0 Å². The summed E-state index contributed by atoms with van der Waals surface area (Å²) >= 11 is 4.77. The third-order valence-electron chi connectivity index (χ3n) is 3.98. The number of aliphatic hydroxyl groups is 1. The quantitative estimate of drug-likeness (QED) is 0.442. The van der Waals surface area contributed by atoms with E-state index < -0.39 is 17.7 Å². The normalized spacial score (nSPS) is 12.3. The van der Waals surface area contributed by atoms with Crippen molar-refractivity contribution in [2.24, 2.45) is 0 Å². The molecule has 0 aliphatic heterocycles. The van der Waals surface area contributed by atoms with Crippen LogP contribution < -0.4 is 0 Å². The molecule has 1 unspecified atom stereocenters. The van der Waals surface area contributed by atoms with Crippen LogP contribution in [0, 0.1) is 11.6 Å². The lowest BCUT2D eigenvalue weighted by atomic mass is 9.96. The van der Waals surface area contributed by atoms with Gasteiger partial charge in [0, 0.05) is 29.6 Å². The average molecular weight is 449 g/mol. The molecular formula is C19H11BrF2N2O2S. The highest BCUT2D eigenvalue weighted by atomic mass is 79.9. The van der Waals surface area contributed by atoms with Gasteiger partial charge in [0.05, 0.1) is 14.2 Å². The minimum atomic E-state index is -1.15. The number of nitrogens with zero attached hydrogens (tertiary/aromatic N) is 2. The van der Waals surface area contributed by atoms with Crippen molar-refractivity contribution in [2.75, 3.05) is 0 Å². The van der Waals surface area contributed by atoms with E-state index in [4.69, 9.17) is 4.52 Å². The number of aromatic nitrogens is 2. The number of rotatable bonds is 4. The molecule has 0 aliphatic carbocycles. The molecule has 0 saturated carbocycles. The van der Waals surface area contributed by atoms with Crippen molar-refractivity contribution in [3.05, 3.63) is 81.4 Å². The Kier molecular flexibility index (Phi) is 4.86. The van der Waals surface area contributed by atoms with Gasteiger partial charge in [0.15, 0.2) is 5.76 Å². The summed E-state index contributed by atoms with van der Waals surface area (Å²) in [5, 5.41) is 15.0. The molecule has 4 rings (SSSR count). The topological polar surface area (TPSA) is 59.2 Å². The predicted octanol–water partition coefficient (Wildman–Crippen LogP) is 5.59. The van der Waals surface area contributed by atoms with Crippen LogP contribution in [0.1, 0.15) is 17.2 Å². The van der Waals surface area contributed by atoms with Crippen molar-refractivity contribution >= 4 is 27.3 Å². The van der Waals surface area contributed by atoms with E-state index >= 15 is 0 Å². The molecule has 0 aliphatic rings. The van der Waals surface area contributed by atoms with Crippen LogP contribution >= 0.6 is 27.3 Å². The van der Waals surface area contributed by atoms with Gasteiger partial charge in [-0.25, -0.2) is 8.78 Å². The van der Waals surface area contributed by atoms with E-state index in [0.29, 0.717) is 21.8 Å². The molecule has 0 radical (unpaired) electrons. The summed E-state index contributed by atoms with van der Waals surface area (Å²) < 4.78 is 34.0. The maximum atomic E-state index is 14.4. The number of aliphatic hydroxyl groups excluding tert-OH is 1. The fourth-order valence-electron chi connectivity index (χ4n) is 2.75. The number of hydrogen-bond donors (Lipinski definition) is 1. The molecule has 0 bridgehead atoms. The van der Waals surface area contributed by atoms with Gasteiger partial charge in [-0.05, 0) is 46.3 Å². The first-order valence-corrected chi connectivity index (χ1v) is 9.44. The van der Waals surface area contributed by atoms with Crippen LogP contribution in [0.3, 0.4) is 0 Å². The molecule has 0 spiro atoms. The van der Waals surface area contributed by atoms with E-state index in [1.54, 1.807) is 24.4 Å². The van der Waals surface area contributed by atoms with Crippen molar-refractivity contribution in [3.63, 3.8) is 0 Å². The monoisotopic (exact) mass is 448 g/mol. The van der Waals surface area contributed by atoms with E-state index in [0.717, 1.165) is 15.9 Å². The Morgan fingerprint density at radius 1 is 1.15 bits per heavy atom. The predicted molar refractivity (Wildman–Crippen MR) is 101 cm³/mol. The minimum Gasteiger partial charge on any atom is -0.383 e. The minimum absolute atomic E-state index is 0.0416. The van der Waals surface area contributed by atoms with E-state index in [1.165, 1.54) is 23.6 Å². The molecule has 4 aromatic rings. The summed E-state index contributed by atoms with van der Waals surface area (Å²) in [5.74, 6) is -1.17. The first-order valence-electron chi connectivity index (χ1n) is 7.83. The third-order valence-corrected chi connectivity index (χ3v) is 5.61. The first kappa shape index (κ1) is 18.0. The summed E-state index contributed by atoms with van der Waals surface area (Å²) in [6.07, 6.45) is 1.94. The van der Waals surface area contributed by atoms with E-state index in [-0.39, 0.29) is 11.3 Å². The highest BCUT2D eigenvalue weighted by Crippen LogP contribution is 2.42. The van der Waals surface area contributed by atoms with Gasteiger partial charge in [0.2, 0.25) is 0 Å². The molecule has 3 heterocycles. The molecule has 0 saturated heterocycles. The van der Waals surface area contributed by atoms with Crippen LogP contribution in [-0.2, 0) is 0 Å². The first-order chi connectivity index (χ1) is 13.0. The summed E-state index contributed by atoms with van der Waals surface area (Å²) in [4.78, 5) is 4.72. The second-order valence-corrected chi connectivity index (χ2v) is 8.15. The lowest BCUT2D eigenvalue weighted by molar-refractivity contribution is 0.220. The van der Waals surface area contributed by atoms with Crippen molar-refractivity contribution < 1.29 is 18.4 Å². The third kappa shape index (κ3) is 3.43. The van der Waals surface area contributed by atoms with Crippen LogP contribution in [0.5, 0.6) is 0 Å². The second-order valence-electron chi connectivity index (χ2n) is 5.69. The summed E-state index contributed by atoms with van der Waals surface area (Å²) in [7, 11) is 0.